The van der Waals surface area contributed by atoms with Crippen LogP contribution >= 0.6 is 0 Å². The van der Waals surface area contributed by atoms with Gasteiger partial charge < -0.3 is 16.2 Å². The van der Waals surface area contributed by atoms with E-state index in [1.54, 1.807) is 0 Å². The average molecular weight is 326 g/mol. The summed E-state index contributed by atoms with van der Waals surface area (Å²) in [5.74, 6) is -2.54. The van der Waals surface area contributed by atoms with E-state index in [0.717, 1.165) is 25.5 Å². The Balaban J connectivity index is 2.22. The molecule has 1 aliphatic heterocycles. The van der Waals surface area contributed by atoms with Crippen molar-refractivity contribution in [1.82, 2.24) is 5.32 Å². The molecule has 1 amide bonds. The third-order valence-corrected chi connectivity index (χ3v) is 4.62. The zero-order valence-electron chi connectivity index (χ0n) is 13.2. The molecule has 0 aliphatic carbocycles. The molecule has 1 aliphatic rings. The number of benzene rings is 1. The van der Waals surface area contributed by atoms with E-state index in [9.17, 15) is 18.7 Å². The van der Waals surface area contributed by atoms with Crippen LogP contribution in [-0.4, -0.2) is 24.1 Å². The molecular formula is C17H24F2N2O2. The van der Waals surface area contributed by atoms with Crippen molar-refractivity contribution in [3.05, 3.63) is 35.4 Å². The van der Waals surface area contributed by atoms with Crippen LogP contribution in [0.5, 0.6) is 0 Å². The minimum atomic E-state index is -1.45. The van der Waals surface area contributed by atoms with Gasteiger partial charge in [-0.2, -0.15) is 0 Å². The molecule has 23 heavy (non-hydrogen) atoms. The summed E-state index contributed by atoms with van der Waals surface area (Å²) in [6.45, 7) is 1.42. The summed E-state index contributed by atoms with van der Waals surface area (Å²) in [4.78, 5) is 10.8. The number of hydrogen-bond donors (Lipinski definition) is 3. The molecule has 1 heterocycles. The molecule has 0 bridgehead atoms. The molecule has 0 unspecified atom stereocenters. The largest absolute Gasteiger partial charge is 0.385 e. The molecule has 1 fully saturated rings. The average Bonchev–Trinajstić information content (AvgIpc) is 2.54. The Morgan fingerprint density at radius 1 is 1.39 bits per heavy atom. The Morgan fingerprint density at radius 3 is 2.83 bits per heavy atom. The van der Waals surface area contributed by atoms with Gasteiger partial charge in [-0.1, -0.05) is 12.1 Å². The zero-order valence-corrected chi connectivity index (χ0v) is 13.2. The monoisotopic (exact) mass is 326 g/mol. The predicted molar refractivity (Wildman–Crippen MR) is 83.5 cm³/mol. The SMILES string of the molecule is NC(=O)CCCC[C@@](O)(c1cccc(F)c1F)[C@@H]1CCCNC1. The molecule has 1 saturated heterocycles. The lowest BCUT2D eigenvalue weighted by molar-refractivity contribution is -0.118. The highest BCUT2D eigenvalue weighted by molar-refractivity contribution is 5.73. The number of carbonyl (C=O) groups excluding carboxylic acids is 1. The van der Waals surface area contributed by atoms with Crippen molar-refractivity contribution in [1.29, 1.82) is 0 Å². The van der Waals surface area contributed by atoms with Crippen LogP contribution in [-0.2, 0) is 10.4 Å². The minimum Gasteiger partial charge on any atom is -0.385 e. The Hall–Kier alpha value is -1.53. The highest BCUT2D eigenvalue weighted by Gasteiger charge is 2.40. The van der Waals surface area contributed by atoms with Gasteiger partial charge in [0.2, 0.25) is 5.91 Å². The van der Waals surface area contributed by atoms with Crippen LogP contribution in [0.4, 0.5) is 8.78 Å². The molecule has 1 aromatic carbocycles. The Kier molecular flexibility index (Phi) is 6.07. The topological polar surface area (TPSA) is 75.4 Å². The van der Waals surface area contributed by atoms with Gasteiger partial charge in [-0.3, -0.25) is 4.79 Å². The second-order valence-corrected chi connectivity index (χ2v) is 6.24. The summed E-state index contributed by atoms with van der Waals surface area (Å²) in [5.41, 5.74) is 3.68. The maximum Gasteiger partial charge on any atom is 0.217 e. The fourth-order valence-corrected chi connectivity index (χ4v) is 3.35. The number of nitrogens with one attached hydrogen (secondary N) is 1. The van der Waals surface area contributed by atoms with Crippen molar-refractivity contribution in [2.45, 2.75) is 44.1 Å². The quantitative estimate of drug-likeness (QED) is 0.672. The van der Waals surface area contributed by atoms with E-state index < -0.39 is 23.1 Å². The van der Waals surface area contributed by atoms with Gasteiger partial charge in [-0.05, 0) is 44.7 Å². The third-order valence-electron chi connectivity index (χ3n) is 4.62. The number of primary amides is 1. The molecule has 4 N–H and O–H groups in total. The zero-order chi connectivity index (χ0) is 16.9. The van der Waals surface area contributed by atoms with Gasteiger partial charge in [0.1, 0.15) is 0 Å². The number of carbonyl (C=O) groups is 1. The summed E-state index contributed by atoms with van der Waals surface area (Å²) in [6.07, 6.45) is 3.17. The first kappa shape index (κ1) is 17.8. The van der Waals surface area contributed by atoms with E-state index in [1.807, 2.05) is 0 Å². The van der Waals surface area contributed by atoms with E-state index in [-0.39, 0.29) is 24.3 Å². The number of unbranched alkanes of at least 4 members (excludes halogenated alkanes) is 1. The third kappa shape index (κ3) is 4.26. The number of amides is 1. The summed E-state index contributed by atoms with van der Waals surface area (Å²) >= 11 is 0. The van der Waals surface area contributed by atoms with Crippen LogP contribution in [0.1, 0.15) is 44.1 Å². The number of hydrogen-bond acceptors (Lipinski definition) is 3. The summed E-state index contributed by atoms with van der Waals surface area (Å²) in [7, 11) is 0. The molecule has 6 heteroatoms. The highest BCUT2D eigenvalue weighted by atomic mass is 19.2. The van der Waals surface area contributed by atoms with Crippen molar-refractivity contribution < 1.29 is 18.7 Å². The van der Waals surface area contributed by atoms with Gasteiger partial charge in [0.25, 0.3) is 0 Å². The summed E-state index contributed by atoms with van der Waals surface area (Å²) < 4.78 is 27.9. The second-order valence-electron chi connectivity index (χ2n) is 6.24. The first-order valence-electron chi connectivity index (χ1n) is 8.11. The van der Waals surface area contributed by atoms with E-state index in [4.69, 9.17) is 5.73 Å². The minimum absolute atomic E-state index is 0.00488. The van der Waals surface area contributed by atoms with E-state index in [1.165, 1.54) is 12.1 Å². The van der Waals surface area contributed by atoms with Crippen LogP contribution in [0.25, 0.3) is 0 Å². The lowest BCUT2D eigenvalue weighted by atomic mass is 9.74. The Morgan fingerprint density at radius 2 is 2.17 bits per heavy atom. The van der Waals surface area contributed by atoms with Crippen LogP contribution in [0, 0.1) is 17.6 Å². The van der Waals surface area contributed by atoms with E-state index >= 15 is 0 Å². The van der Waals surface area contributed by atoms with Gasteiger partial charge >= 0.3 is 0 Å². The highest BCUT2D eigenvalue weighted by Crippen LogP contribution is 2.39. The normalized spacial score (nSPS) is 20.9. The Labute approximate surface area is 135 Å². The number of aliphatic hydroxyl groups is 1. The van der Waals surface area contributed by atoms with Gasteiger partial charge in [0.15, 0.2) is 11.6 Å². The lowest BCUT2D eigenvalue weighted by Gasteiger charge is -2.39. The smallest absolute Gasteiger partial charge is 0.217 e. The van der Waals surface area contributed by atoms with Crippen molar-refractivity contribution in [2.24, 2.45) is 11.7 Å². The predicted octanol–water partition coefficient (Wildman–Crippen LogP) is 2.20. The molecule has 4 nitrogen and oxygen atoms in total. The number of rotatable bonds is 7. The molecule has 0 spiro atoms. The number of piperidine rings is 1. The first-order chi connectivity index (χ1) is 10.9. The Bertz CT molecular complexity index is 547. The van der Waals surface area contributed by atoms with Crippen LogP contribution in [0.2, 0.25) is 0 Å². The summed E-state index contributed by atoms with van der Waals surface area (Å²) in [6, 6.07) is 3.91. The van der Waals surface area contributed by atoms with Crippen LogP contribution in [0.3, 0.4) is 0 Å². The molecule has 0 radical (unpaired) electrons. The summed E-state index contributed by atoms with van der Waals surface area (Å²) in [5, 5.41) is 14.4. The van der Waals surface area contributed by atoms with Crippen LogP contribution in [0.15, 0.2) is 18.2 Å². The number of nitrogens with two attached hydrogens (primary N) is 1. The van der Waals surface area contributed by atoms with Gasteiger partial charge in [0.05, 0.1) is 5.60 Å². The van der Waals surface area contributed by atoms with Gasteiger partial charge in [-0.25, -0.2) is 8.78 Å². The molecule has 128 valence electrons. The molecular weight excluding hydrogens is 302 g/mol. The fourth-order valence-electron chi connectivity index (χ4n) is 3.35. The van der Waals surface area contributed by atoms with Crippen molar-refractivity contribution in [3.8, 4) is 0 Å². The van der Waals surface area contributed by atoms with Crippen molar-refractivity contribution >= 4 is 5.91 Å². The molecule has 2 atom stereocenters. The first-order valence-corrected chi connectivity index (χ1v) is 8.11. The standard InChI is InChI=1S/C17H24F2N2O2/c18-14-7-3-6-13(16(14)19)17(23,9-2-1-8-15(20)22)12-5-4-10-21-11-12/h3,6-7,12,21,23H,1-2,4-5,8-11H2,(H2,20,22)/t12-,17+/m1/s1. The van der Waals surface area contributed by atoms with Gasteiger partial charge in [-0.15, -0.1) is 0 Å². The molecule has 0 saturated carbocycles. The second kappa shape index (κ2) is 7.84. The van der Waals surface area contributed by atoms with Crippen LogP contribution < -0.4 is 11.1 Å². The molecule has 2 rings (SSSR count). The fraction of sp³-hybridized carbons (Fsp3) is 0.588. The number of halogens is 2. The molecule has 1 aromatic rings. The van der Waals surface area contributed by atoms with Crippen molar-refractivity contribution in [2.75, 3.05) is 13.1 Å². The lowest BCUT2D eigenvalue weighted by Crippen LogP contribution is -2.45. The maximum atomic E-state index is 14.3. The molecule has 0 aromatic heterocycles. The maximum absolute atomic E-state index is 14.3. The van der Waals surface area contributed by atoms with E-state index in [0.29, 0.717) is 19.4 Å². The van der Waals surface area contributed by atoms with Gasteiger partial charge in [0, 0.05) is 24.4 Å². The van der Waals surface area contributed by atoms with E-state index in [2.05, 4.69) is 5.32 Å². The van der Waals surface area contributed by atoms with Crippen molar-refractivity contribution in [3.63, 3.8) is 0 Å².